The average molecular weight is 422 g/mol. The molecule has 2 aromatic rings. The number of H-pyrrole nitrogens is 1. The fourth-order valence-corrected chi connectivity index (χ4v) is 4.66. The monoisotopic (exact) mass is 421 g/mol. The molecule has 1 fully saturated rings. The van der Waals surface area contributed by atoms with Crippen molar-refractivity contribution in [3.63, 3.8) is 0 Å². The van der Waals surface area contributed by atoms with Crippen LogP contribution in [0.25, 0.3) is 11.3 Å². The number of rotatable bonds is 9. The van der Waals surface area contributed by atoms with Crippen molar-refractivity contribution in [3.05, 3.63) is 45.6 Å². The summed E-state index contributed by atoms with van der Waals surface area (Å²) in [4.78, 5) is 14.9. The standard InChI is InChI=1S/C20H27N3O5S/c1-29(26,27)17-12-10-16(11-13-17)20-19(15-7-3-2-4-8-15)18(21-22-20)9-5-6-14-28-23(24)25/h10-13,15H,2-9,14H2,1H3,(H,21,22). The van der Waals surface area contributed by atoms with Crippen LogP contribution >= 0.6 is 0 Å². The van der Waals surface area contributed by atoms with Gasteiger partial charge in [0, 0.05) is 11.8 Å². The lowest BCUT2D eigenvalue weighted by Crippen LogP contribution is -2.08. The van der Waals surface area contributed by atoms with E-state index in [2.05, 4.69) is 15.0 Å². The number of nitrogens with one attached hydrogen (secondary N) is 1. The van der Waals surface area contributed by atoms with E-state index < -0.39 is 14.9 Å². The molecule has 29 heavy (non-hydrogen) atoms. The first-order chi connectivity index (χ1) is 13.9. The Balaban J connectivity index is 1.82. The van der Waals surface area contributed by atoms with E-state index in [1.54, 1.807) is 12.1 Å². The number of aromatic nitrogens is 2. The Bertz CT molecular complexity index is 932. The predicted molar refractivity (Wildman–Crippen MR) is 109 cm³/mol. The van der Waals surface area contributed by atoms with E-state index in [-0.39, 0.29) is 6.61 Å². The SMILES string of the molecule is CS(=O)(=O)c1ccc(-c2[nH]nc(CCCCO[N+](=O)[O-])c2C2CCCCC2)cc1. The van der Waals surface area contributed by atoms with E-state index in [1.807, 2.05) is 12.1 Å². The Labute approximate surface area is 170 Å². The molecule has 1 aliphatic carbocycles. The zero-order valence-electron chi connectivity index (χ0n) is 16.6. The van der Waals surface area contributed by atoms with Crippen molar-refractivity contribution < 1.29 is 18.3 Å². The second-order valence-corrected chi connectivity index (χ2v) is 9.62. The molecular formula is C20H27N3O5S. The Hall–Kier alpha value is -2.42. The maximum atomic E-state index is 11.7. The summed E-state index contributed by atoms with van der Waals surface area (Å²) in [6.45, 7) is 0.0932. The lowest BCUT2D eigenvalue weighted by molar-refractivity contribution is -0.757. The zero-order valence-corrected chi connectivity index (χ0v) is 17.4. The zero-order chi connectivity index (χ0) is 20.9. The van der Waals surface area contributed by atoms with Gasteiger partial charge in [0.2, 0.25) is 0 Å². The van der Waals surface area contributed by atoms with E-state index in [4.69, 9.17) is 0 Å². The number of sulfone groups is 1. The van der Waals surface area contributed by atoms with Gasteiger partial charge in [-0.1, -0.05) is 31.4 Å². The molecular weight excluding hydrogens is 394 g/mol. The summed E-state index contributed by atoms with van der Waals surface area (Å²) in [6, 6.07) is 6.91. The predicted octanol–water partition coefficient (Wildman–Crippen LogP) is 4.06. The first-order valence-corrected chi connectivity index (χ1v) is 11.9. The Morgan fingerprint density at radius 3 is 2.48 bits per heavy atom. The maximum Gasteiger partial charge on any atom is 0.294 e. The van der Waals surface area contributed by atoms with E-state index in [9.17, 15) is 18.5 Å². The van der Waals surface area contributed by atoms with Crippen molar-refractivity contribution in [1.82, 2.24) is 10.2 Å². The van der Waals surface area contributed by atoms with Crippen LogP contribution in [0.4, 0.5) is 0 Å². The van der Waals surface area contributed by atoms with Gasteiger partial charge < -0.3 is 4.84 Å². The summed E-state index contributed by atoms with van der Waals surface area (Å²) in [7, 11) is -3.24. The van der Waals surface area contributed by atoms with Crippen LogP contribution < -0.4 is 0 Å². The van der Waals surface area contributed by atoms with Crippen LogP contribution in [0.2, 0.25) is 0 Å². The van der Waals surface area contributed by atoms with Gasteiger partial charge in [0.05, 0.1) is 22.9 Å². The number of nitrogens with zero attached hydrogens (tertiary/aromatic N) is 2. The summed E-state index contributed by atoms with van der Waals surface area (Å²) < 4.78 is 23.5. The summed E-state index contributed by atoms with van der Waals surface area (Å²) in [5.74, 6) is 0.428. The Morgan fingerprint density at radius 1 is 1.17 bits per heavy atom. The first-order valence-electron chi connectivity index (χ1n) is 10.0. The van der Waals surface area contributed by atoms with Crippen molar-refractivity contribution >= 4 is 9.84 Å². The number of benzene rings is 1. The van der Waals surface area contributed by atoms with Gasteiger partial charge in [-0.2, -0.15) is 5.10 Å². The molecule has 0 amide bonds. The van der Waals surface area contributed by atoms with Gasteiger partial charge in [-0.3, -0.25) is 5.10 Å². The summed E-state index contributed by atoms with van der Waals surface area (Å²) >= 11 is 0. The lowest BCUT2D eigenvalue weighted by atomic mass is 9.81. The number of hydrogen-bond acceptors (Lipinski definition) is 6. The second-order valence-electron chi connectivity index (χ2n) is 7.60. The maximum absolute atomic E-state index is 11.7. The van der Waals surface area contributed by atoms with E-state index >= 15 is 0 Å². The van der Waals surface area contributed by atoms with Gasteiger partial charge in [0.25, 0.3) is 5.09 Å². The molecule has 1 aromatic carbocycles. The number of aromatic amines is 1. The topological polar surface area (TPSA) is 115 Å². The van der Waals surface area contributed by atoms with Crippen molar-refractivity contribution in [2.45, 2.75) is 62.2 Å². The summed E-state index contributed by atoms with van der Waals surface area (Å²) in [5.41, 5.74) is 4.09. The number of aryl methyl sites for hydroxylation is 1. The highest BCUT2D eigenvalue weighted by atomic mass is 32.2. The van der Waals surface area contributed by atoms with Crippen molar-refractivity contribution in [2.24, 2.45) is 0 Å². The smallest absolute Gasteiger partial charge is 0.294 e. The minimum absolute atomic E-state index is 0.0932. The highest BCUT2D eigenvalue weighted by molar-refractivity contribution is 7.90. The first kappa shape index (κ1) is 21.3. The highest BCUT2D eigenvalue weighted by Gasteiger charge is 2.25. The molecule has 1 saturated carbocycles. The van der Waals surface area contributed by atoms with Crippen molar-refractivity contribution in [2.75, 3.05) is 12.9 Å². The quantitative estimate of drug-likeness (QED) is 0.371. The van der Waals surface area contributed by atoms with Crippen molar-refractivity contribution in [1.29, 1.82) is 0 Å². The number of unbranched alkanes of at least 4 members (excludes halogenated alkanes) is 1. The third-order valence-electron chi connectivity index (χ3n) is 5.47. The van der Waals surface area contributed by atoms with Gasteiger partial charge in [-0.25, -0.2) is 8.42 Å². The van der Waals surface area contributed by atoms with Gasteiger partial charge >= 0.3 is 0 Å². The van der Waals surface area contributed by atoms with E-state index in [0.29, 0.717) is 17.2 Å². The molecule has 1 aromatic heterocycles. The molecule has 3 rings (SSSR count). The van der Waals surface area contributed by atoms with Gasteiger partial charge in [-0.15, -0.1) is 10.1 Å². The molecule has 0 atom stereocenters. The van der Waals surface area contributed by atoms with Crippen LogP contribution in [0.1, 0.15) is 62.1 Å². The lowest BCUT2D eigenvalue weighted by Gasteiger charge is -2.23. The highest BCUT2D eigenvalue weighted by Crippen LogP contribution is 2.39. The Kier molecular flexibility index (Phi) is 6.89. The fourth-order valence-electron chi connectivity index (χ4n) is 4.03. The molecule has 158 valence electrons. The fraction of sp³-hybridized carbons (Fsp3) is 0.550. The third kappa shape index (κ3) is 5.56. The molecule has 0 bridgehead atoms. The second kappa shape index (κ2) is 9.39. The molecule has 0 spiro atoms. The van der Waals surface area contributed by atoms with Gasteiger partial charge in [0.15, 0.2) is 9.84 Å². The van der Waals surface area contributed by atoms with Crippen LogP contribution in [-0.2, 0) is 21.1 Å². The minimum Gasteiger partial charge on any atom is -0.314 e. The van der Waals surface area contributed by atoms with Crippen LogP contribution in [0.5, 0.6) is 0 Å². The molecule has 0 aliphatic heterocycles. The third-order valence-corrected chi connectivity index (χ3v) is 6.60. The van der Waals surface area contributed by atoms with Crippen LogP contribution in [0.15, 0.2) is 29.2 Å². The van der Waals surface area contributed by atoms with Crippen molar-refractivity contribution in [3.8, 4) is 11.3 Å². The normalized spacial score (nSPS) is 15.3. The molecule has 0 saturated heterocycles. The molecule has 1 heterocycles. The van der Waals surface area contributed by atoms with Crippen LogP contribution in [-0.4, -0.2) is 36.6 Å². The van der Waals surface area contributed by atoms with Crippen LogP contribution in [0, 0.1) is 10.1 Å². The van der Waals surface area contributed by atoms with Gasteiger partial charge in [-0.05, 0) is 55.7 Å². The summed E-state index contributed by atoms with van der Waals surface area (Å²) in [6.07, 6.45) is 9.15. The number of hydrogen-bond donors (Lipinski definition) is 1. The van der Waals surface area contributed by atoms with E-state index in [0.717, 1.165) is 42.6 Å². The molecule has 0 radical (unpaired) electrons. The minimum atomic E-state index is -3.24. The average Bonchev–Trinajstić information content (AvgIpc) is 3.11. The largest absolute Gasteiger partial charge is 0.314 e. The van der Waals surface area contributed by atoms with E-state index in [1.165, 1.54) is 31.1 Å². The molecule has 1 N–H and O–H groups in total. The van der Waals surface area contributed by atoms with Gasteiger partial charge in [0.1, 0.15) is 0 Å². The molecule has 1 aliphatic rings. The van der Waals surface area contributed by atoms with Crippen LogP contribution in [0.3, 0.4) is 0 Å². The molecule has 9 heteroatoms. The molecule has 8 nitrogen and oxygen atoms in total. The Morgan fingerprint density at radius 2 is 1.86 bits per heavy atom. The summed E-state index contributed by atoms with van der Waals surface area (Å²) in [5, 5.41) is 17.2. The molecule has 0 unspecified atom stereocenters.